The van der Waals surface area contributed by atoms with Gasteiger partial charge < -0.3 is 29.9 Å². The minimum Gasteiger partial charge on any atom is -0.507 e. The Labute approximate surface area is 442 Å². The Morgan fingerprint density at radius 2 is 0.487 bits per heavy atom. The van der Waals surface area contributed by atoms with E-state index in [0.717, 1.165) is 87.6 Å². The van der Waals surface area contributed by atoms with Gasteiger partial charge in [0.1, 0.15) is 46.0 Å². The molecule has 12 aromatic carbocycles. The standard InChI is InChI=1S/2C33H22O3.2C2H6/c34-29-19-27-31(25-17-9-7-15-23(25)29)36-32-26-18-10-8-16-24(26)30(35)20-28(32)33(27,21-11-3-1-4-12-21)22-13-5-2-6-14-22;34-29-15-7-13-25-23(29)17-19-27-31(25)36-32-26-14-8-16-30(35)24(26)18-20-28(32)33(27,21-9-3-1-4-10-21)22-11-5-2-6-12-22;2*1-2/h2*1-20,34-35H;2*1-2H3. The predicted molar refractivity (Wildman–Crippen MR) is 309 cm³/mol. The molecule has 2 aliphatic rings. The van der Waals surface area contributed by atoms with Crippen LogP contribution in [0.4, 0.5) is 0 Å². The van der Waals surface area contributed by atoms with E-state index in [1.807, 2.05) is 173 Å². The van der Waals surface area contributed by atoms with Crippen molar-refractivity contribution in [1.82, 2.24) is 0 Å². The quantitative estimate of drug-likeness (QED) is 0.140. The number of hydrogen-bond donors (Lipinski definition) is 4. The molecule has 0 aromatic heterocycles. The van der Waals surface area contributed by atoms with Gasteiger partial charge in [-0.2, -0.15) is 0 Å². The highest BCUT2D eigenvalue weighted by molar-refractivity contribution is 6.02. The zero-order chi connectivity index (χ0) is 52.6. The molecule has 0 fully saturated rings. The monoisotopic (exact) mass is 992 g/mol. The van der Waals surface area contributed by atoms with Gasteiger partial charge in [-0.3, -0.25) is 0 Å². The van der Waals surface area contributed by atoms with Crippen LogP contribution in [0.3, 0.4) is 0 Å². The van der Waals surface area contributed by atoms with Crippen molar-refractivity contribution in [3.05, 3.63) is 287 Å². The van der Waals surface area contributed by atoms with E-state index in [-0.39, 0.29) is 23.0 Å². The minimum absolute atomic E-state index is 0.192. The molecule has 0 unspecified atom stereocenters. The van der Waals surface area contributed by atoms with Crippen LogP contribution in [0.15, 0.2) is 243 Å². The molecule has 4 N–H and O–H groups in total. The highest BCUT2D eigenvalue weighted by Crippen LogP contribution is 2.61. The second-order valence-electron chi connectivity index (χ2n) is 18.4. The molecule has 2 heterocycles. The number of aromatic hydroxyl groups is 4. The molecular weight excluding hydrogens is 937 g/mol. The van der Waals surface area contributed by atoms with Gasteiger partial charge in [-0.1, -0.05) is 246 Å². The fourth-order valence-electron chi connectivity index (χ4n) is 11.7. The molecule has 6 heteroatoms. The number of ether oxygens (including phenoxy) is 2. The molecule has 0 aliphatic carbocycles. The Morgan fingerprint density at radius 1 is 0.237 bits per heavy atom. The second kappa shape index (κ2) is 20.1. The first-order chi connectivity index (χ1) is 37.4. The average molecular weight is 993 g/mol. The lowest BCUT2D eigenvalue weighted by atomic mass is 9.63. The lowest BCUT2D eigenvalue weighted by Gasteiger charge is -2.42. The molecule has 0 spiro atoms. The van der Waals surface area contributed by atoms with E-state index in [1.165, 1.54) is 0 Å². The average Bonchev–Trinajstić information content (AvgIpc) is 3.65. The summed E-state index contributed by atoms with van der Waals surface area (Å²) in [6.07, 6.45) is 0. The van der Waals surface area contributed by atoms with Gasteiger partial charge in [-0.15, -0.1) is 0 Å². The normalized spacial score (nSPS) is 13.1. The van der Waals surface area contributed by atoms with Crippen molar-refractivity contribution in [3.63, 3.8) is 0 Å². The number of benzene rings is 12. The summed E-state index contributed by atoms with van der Waals surface area (Å²) in [4.78, 5) is 0. The van der Waals surface area contributed by atoms with Crippen LogP contribution >= 0.6 is 0 Å². The van der Waals surface area contributed by atoms with Gasteiger partial charge in [0.05, 0.1) is 10.8 Å². The Bertz CT molecular complexity index is 3780. The largest absolute Gasteiger partial charge is 0.507 e. The van der Waals surface area contributed by atoms with Gasteiger partial charge >= 0.3 is 0 Å². The van der Waals surface area contributed by atoms with E-state index >= 15 is 0 Å². The third-order valence-electron chi connectivity index (χ3n) is 14.8. The lowest BCUT2D eigenvalue weighted by molar-refractivity contribution is 0.433. The predicted octanol–water partition coefficient (Wildman–Crippen LogP) is 17.8. The smallest absolute Gasteiger partial charge is 0.140 e. The molecule has 0 atom stereocenters. The summed E-state index contributed by atoms with van der Waals surface area (Å²) in [5.41, 5.74) is 6.42. The van der Waals surface area contributed by atoms with Crippen LogP contribution in [0.5, 0.6) is 46.0 Å². The number of phenols is 4. The topological polar surface area (TPSA) is 99.4 Å². The zero-order valence-corrected chi connectivity index (χ0v) is 42.7. The van der Waals surface area contributed by atoms with Crippen molar-refractivity contribution in [2.75, 3.05) is 0 Å². The van der Waals surface area contributed by atoms with Crippen molar-refractivity contribution in [1.29, 1.82) is 0 Å². The molecule has 0 bridgehead atoms. The molecule has 0 amide bonds. The maximum absolute atomic E-state index is 11.2. The van der Waals surface area contributed by atoms with Crippen LogP contribution in [0.1, 0.15) is 72.2 Å². The molecule has 76 heavy (non-hydrogen) atoms. The Hall–Kier alpha value is -9.52. The molecule has 0 radical (unpaired) electrons. The first-order valence-electron chi connectivity index (χ1n) is 26.0. The zero-order valence-electron chi connectivity index (χ0n) is 42.7. The van der Waals surface area contributed by atoms with Crippen molar-refractivity contribution in [2.24, 2.45) is 0 Å². The molecule has 0 saturated heterocycles. The van der Waals surface area contributed by atoms with Gasteiger partial charge in [0.25, 0.3) is 0 Å². The summed E-state index contributed by atoms with van der Waals surface area (Å²) in [6.45, 7) is 8.00. The van der Waals surface area contributed by atoms with Crippen molar-refractivity contribution in [2.45, 2.75) is 38.5 Å². The Morgan fingerprint density at radius 3 is 0.816 bits per heavy atom. The fourth-order valence-corrected chi connectivity index (χ4v) is 11.7. The van der Waals surface area contributed by atoms with E-state index in [9.17, 15) is 20.4 Å². The third kappa shape index (κ3) is 7.47. The maximum Gasteiger partial charge on any atom is 0.140 e. The maximum atomic E-state index is 11.2. The Kier molecular flexibility index (Phi) is 12.9. The van der Waals surface area contributed by atoms with Crippen LogP contribution in [0.25, 0.3) is 43.1 Å². The van der Waals surface area contributed by atoms with Crippen molar-refractivity contribution < 1.29 is 29.9 Å². The summed E-state index contributed by atoms with van der Waals surface area (Å²) < 4.78 is 13.6. The summed E-state index contributed by atoms with van der Waals surface area (Å²) in [7, 11) is 0. The number of phenolic OH excluding ortho intramolecular Hbond substituents is 4. The van der Waals surface area contributed by atoms with Crippen molar-refractivity contribution >= 4 is 43.1 Å². The van der Waals surface area contributed by atoms with Gasteiger partial charge in [-0.05, 0) is 46.5 Å². The number of rotatable bonds is 4. The van der Waals surface area contributed by atoms with E-state index in [4.69, 9.17) is 9.47 Å². The highest BCUT2D eigenvalue weighted by atomic mass is 16.5. The molecule has 0 saturated carbocycles. The van der Waals surface area contributed by atoms with Crippen LogP contribution in [0, 0.1) is 0 Å². The lowest BCUT2D eigenvalue weighted by Crippen LogP contribution is -2.34. The molecule has 6 nitrogen and oxygen atoms in total. The van der Waals surface area contributed by atoms with Crippen LogP contribution in [-0.2, 0) is 10.8 Å². The van der Waals surface area contributed by atoms with Gasteiger partial charge in [0.2, 0.25) is 0 Å². The summed E-state index contributed by atoms with van der Waals surface area (Å²) in [6, 6.07) is 79.8. The summed E-state index contributed by atoms with van der Waals surface area (Å²) >= 11 is 0. The minimum atomic E-state index is -0.839. The van der Waals surface area contributed by atoms with Gasteiger partial charge in [0.15, 0.2) is 0 Å². The fraction of sp³-hybridized carbons (Fsp3) is 0.0857. The first kappa shape index (κ1) is 48.7. The molecular formula is C70H56O6. The Balaban J connectivity index is 0.000000152. The van der Waals surface area contributed by atoms with Gasteiger partial charge in [0, 0.05) is 65.3 Å². The van der Waals surface area contributed by atoms with Crippen molar-refractivity contribution in [3.8, 4) is 46.0 Å². The van der Waals surface area contributed by atoms with Crippen LogP contribution in [0.2, 0.25) is 0 Å². The molecule has 2 aliphatic heterocycles. The molecule has 12 aromatic rings. The van der Waals surface area contributed by atoms with E-state index in [2.05, 4.69) is 84.9 Å². The molecule has 372 valence electrons. The number of hydrogen-bond acceptors (Lipinski definition) is 6. The summed E-state index contributed by atoms with van der Waals surface area (Å²) in [5.74, 6) is 3.64. The van der Waals surface area contributed by atoms with Crippen LogP contribution < -0.4 is 9.47 Å². The van der Waals surface area contributed by atoms with Gasteiger partial charge in [-0.25, -0.2) is 0 Å². The van der Waals surface area contributed by atoms with Crippen LogP contribution in [-0.4, -0.2) is 20.4 Å². The third-order valence-corrected chi connectivity index (χ3v) is 14.8. The van der Waals surface area contributed by atoms with E-state index < -0.39 is 10.8 Å². The summed E-state index contributed by atoms with van der Waals surface area (Å²) in [5, 5.41) is 50.0. The van der Waals surface area contributed by atoms with E-state index in [1.54, 1.807) is 12.1 Å². The first-order valence-corrected chi connectivity index (χ1v) is 26.0. The second-order valence-corrected chi connectivity index (χ2v) is 18.4. The highest BCUT2D eigenvalue weighted by Gasteiger charge is 2.48. The SMILES string of the molecule is CC.CC.Oc1cc2c(c3ccccc13)Oc1c(cc(O)c3ccccc13)C2(c1ccccc1)c1ccccc1.Oc1cccc2c3c(ccc12)C(c1ccccc1)(c1ccccc1)c1ccc2c(O)cccc2c1O3. The molecule has 14 rings (SSSR count). The number of fused-ring (bicyclic) bond motifs is 12. The van der Waals surface area contributed by atoms with E-state index in [0.29, 0.717) is 23.0 Å².